The second-order valence-corrected chi connectivity index (χ2v) is 6.79. The van der Waals surface area contributed by atoms with E-state index in [9.17, 15) is 4.79 Å². The van der Waals surface area contributed by atoms with Crippen LogP contribution in [-0.2, 0) is 4.79 Å². The lowest BCUT2D eigenvalue weighted by Crippen LogP contribution is -2.24. The minimum atomic E-state index is 0.00248. The maximum Gasteiger partial charge on any atom is 0.225 e. The Hall–Kier alpha value is -2.81. The third-order valence-corrected chi connectivity index (χ3v) is 5.03. The first-order valence-electron chi connectivity index (χ1n) is 9.31. The van der Waals surface area contributed by atoms with Crippen LogP contribution in [0.4, 0.5) is 5.69 Å². The predicted octanol–water partition coefficient (Wildman–Crippen LogP) is 5.49. The number of rotatable bonds is 5. The quantitative estimate of drug-likeness (QED) is 0.621. The number of hydrogen-bond acceptors (Lipinski definition) is 2. The summed E-state index contributed by atoms with van der Waals surface area (Å²) in [5.74, 6) is 0.948. The molecular formula is C23H23NO2. The summed E-state index contributed by atoms with van der Waals surface area (Å²) >= 11 is 0. The molecule has 3 nitrogen and oxygen atoms in total. The van der Waals surface area contributed by atoms with Crippen LogP contribution in [-0.4, -0.2) is 12.5 Å². The van der Waals surface area contributed by atoms with Gasteiger partial charge in [-0.15, -0.1) is 0 Å². The number of benzene rings is 3. The van der Waals surface area contributed by atoms with E-state index in [0.29, 0.717) is 13.0 Å². The summed E-state index contributed by atoms with van der Waals surface area (Å²) < 4.78 is 6.06. The summed E-state index contributed by atoms with van der Waals surface area (Å²) in [7, 11) is 0. The van der Waals surface area contributed by atoms with Crippen LogP contribution in [0.3, 0.4) is 0 Å². The van der Waals surface area contributed by atoms with E-state index >= 15 is 0 Å². The highest BCUT2D eigenvalue weighted by Gasteiger charge is 2.30. The molecule has 0 aromatic heterocycles. The molecule has 3 aromatic carbocycles. The average Bonchev–Trinajstić information content (AvgIpc) is 2.67. The zero-order valence-corrected chi connectivity index (χ0v) is 15.0. The standard InChI is InChI=1S/C23H23NO2/c1-2-3-14-26-21-11-7-6-10-18(21)19-15-22(25)24-20-13-12-16-8-4-5-9-17(16)23(19)20/h4-13,19H,2-3,14-15H2,1H3,(H,24,25)/t19-/m1/s1. The van der Waals surface area contributed by atoms with Crippen molar-refractivity contribution >= 4 is 22.4 Å². The molecule has 1 amide bonds. The number of nitrogens with one attached hydrogen (secondary N) is 1. The zero-order chi connectivity index (χ0) is 17.9. The van der Waals surface area contributed by atoms with Crippen LogP contribution in [0.2, 0.25) is 0 Å². The molecule has 132 valence electrons. The number of anilines is 1. The van der Waals surface area contributed by atoms with E-state index in [1.807, 2.05) is 30.3 Å². The Morgan fingerprint density at radius 3 is 2.73 bits per heavy atom. The average molecular weight is 345 g/mol. The molecule has 0 spiro atoms. The third-order valence-electron chi connectivity index (χ3n) is 5.03. The van der Waals surface area contributed by atoms with Crippen LogP contribution in [0.5, 0.6) is 5.75 Å². The highest BCUT2D eigenvalue weighted by atomic mass is 16.5. The Kier molecular flexibility index (Phi) is 4.61. The highest BCUT2D eigenvalue weighted by Crippen LogP contribution is 2.44. The Morgan fingerprint density at radius 1 is 1.04 bits per heavy atom. The molecule has 0 aliphatic carbocycles. The maximum absolute atomic E-state index is 12.4. The number of fused-ring (bicyclic) bond motifs is 3. The van der Waals surface area contributed by atoms with Gasteiger partial charge in [-0.05, 0) is 34.9 Å². The molecule has 1 N–H and O–H groups in total. The molecule has 1 aliphatic heterocycles. The SMILES string of the molecule is CCCCOc1ccccc1[C@H]1CC(=O)Nc2ccc3ccccc3c21. The third kappa shape index (κ3) is 3.05. The summed E-state index contributed by atoms with van der Waals surface area (Å²) in [4.78, 5) is 12.4. The van der Waals surface area contributed by atoms with Crippen molar-refractivity contribution in [1.29, 1.82) is 0 Å². The molecule has 3 heteroatoms. The van der Waals surface area contributed by atoms with E-state index in [-0.39, 0.29) is 11.8 Å². The van der Waals surface area contributed by atoms with Crippen molar-refractivity contribution in [3.63, 3.8) is 0 Å². The lowest BCUT2D eigenvalue weighted by atomic mass is 9.81. The first-order valence-corrected chi connectivity index (χ1v) is 9.31. The van der Waals surface area contributed by atoms with Gasteiger partial charge in [0.25, 0.3) is 0 Å². The monoisotopic (exact) mass is 345 g/mol. The molecule has 1 aliphatic rings. The summed E-state index contributed by atoms with van der Waals surface area (Å²) in [5, 5.41) is 5.43. The van der Waals surface area contributed by atoms with Crippen LogP contribution < -0.4 is 10.1 Å². The first-order chi connectivity index (χ1) is 12.8. The maximum atomic E-state index is 12.4. The lowest BCUT2D eigenvalue weighted by molar-refractivity contribution is -0.116. The van der Waals surface area contributed by atoms with Gasteiger partial charge in [0.05, 0.1) is 6.61 Å². The first kappa shape index (κ1) is 16.6. The number of unbranched alkanes of at least 4 members (excludes halogenated alkanes) is 1. The largest absolute Gasteiger partial charge is 0.493 e. The predicted molar refractivity (Wildman–Crippen MR) is 106 cm³/mol. The smallest absolute Gasteiger partial charge is 0.225 e. The molecule has 0 radical (unpaired) electrons. The van der Waals surface area contributed by atoms with Gasteiger partial charge in [0.1, 0.15) is 5.75 Å². The number of carbonyl (C=O) groups excluding carboxylic acids is 1. The van der Waals surface area contributed by atoms with Gasteiger partial charge in [-0.2, -0.15) is 0 Å². The zero-order valence-electron chi connectivity index (χ0n) is 15.0. The number of carbonyl (C=O) groups is 1. The molecule has 1 atom stereocenters. The molecule has 0 unspecified atom stereocenters. The van der Waals surface area contributed by atoms with Crippen LogP contribution in [0.15, 0.2) is 60.7 Å². The number of ether oxygens (including phenoxy) is 1. The fourth-order valence-corrected chi connectivity index (χ4v) is 3.76. The summed E-state index contributed by atoms with van der Waals surface area (Å²) in [6.07, 6.45) is 2.57. The second kappa shape index (κ2) is 7.20. The van der Waals surface area contributed by atoms with Gasteiger partial charge >= 0.3 is 0 Å². The van der Waals surface area contributed by atoms with Crippen molar-refractivity contribution in [1.82, 2.24) is 0 Å². The molecule has 0 bridgehead atoms. The molecule has 3 aromatic rings. The van der Waals surface area contributed by atoms with E-state index in [2.05, 4.69) is 42.6 Å². The molecule has 0 fully saturated rings. The van der Waals surface area contributed by atoms with Crippen molar-refractivity contribution in [2.75, 3.05) is 11.9 Å². The molecule has 26 heavy (non-hydrogen) atoms. The topological polar surface area (TPSA) is 38.3 Å². The van der Waals surface area contributed by atoms with Crippen molar-refractivity contribution in [2.45, 2.75) is 32.1 Å². The number of hydrogen-bond donors (Lipinski definition) is 1. The summed E-state index contributed by atoms with van der Waals surface area (Å²) in [5.41, 5.74) is 3.19. The van der Waals surface area contributed by atoms with Crippen LogP contribution in [0.1, 0.15) is 43.2 Å². The fourth-order valence-electron chi connectivity index (χ4n) is 3.76. The number of para-hydroxylation sites is 1. The number of amides is 1. The minimum absolute atomic E-state index is 0.00248. The minimum Gasteiger partial charge on any atom is -0.493 e. The van der Waals surface area contributed by atoms with Gasteiger partial charge in [0.2, 0.25) is 5.91 Å². The fraction of sp³-hybridized carbons (Fsp3) is 0.261. The van der Waals surface area contributed by atoms with Gasteiger partial charge in [-0.25, -0.2) is 0 Å². The summed E-state index contributed by atoms with van der Waals surface area (Å²) in [6.45, 7) is 2.86. The van der Waals surface area contributed by atoms with Crippen molar-refractivity contribution in [3.05, 3.63) is 71.8 Å². The summed E-state index contributed by atoms with van der Waals surface area (Å²) in [6, 6.07) is 20.6. The van der Waals surface area contributed by atoms with Gasteiger partial charge in [0.15, 0.2) is 0 Å². The van der Waals surface area contributed by atoms with E-state index in [1.54, 1.807) is 0 Å². The highest BCUT2D eigenvalue weighted by molar-refractivity contribution is 6.01. The van der Waals surface area contributed by atoms with E-state index in [1.165, 1.54) is 16.3 Å². The van der Waals surface area contributed by atoms with Crippen molar-refractivity contribution < 1.29 is 9.53 Å². The second-order valence-electron chi connectivity index (χ2n) is 6.79. The van der Waals surface area contributed by atoms with Crippen molar-refractivity contribution in [2.24, 2.45) is 0 Å². The molecule has 0 saturated heterocycles. The molecule has 1 heterocycles. The van der Waals surface area contributed by atoms with Crippen LogP contribution >= 0.6 is 0 Å². The van der Waals surface area contributed by atoms with Crippen molar-refractivity contribution in [3.8, 4) is 5.75 Å². The molecule has 4 rings (SSSR count). The lowest BCUT2D eigenvalue weighted by Gasteiger charge is -2.28. The van der Waals surface area contributed by atoms with Gasteiger partial charge in [-0.1, -0.05) is 61.9 Å². The Bertz CT molecular complexity index is 948. The van der Waals surface area contributed by atoms with Gasteiger partial charge in [0, 0.05) is 23.6 Å². The van der Waals surface area contributed by atoms with Gasteiger partial charge < -0.3 is 10.1 Å². The van der Waals surface area contributed by atoms with E-state index < -0.39 is 0 Å². The van der Waals surface area contributed by atoms with Crippen LogP contribution in [0, 0.1) is 0 Å². The Labute approximate surface area is 154 Å². The van der Waals surface area contributed by atoms with Crippen LogP contribution in [0.25, 0.3) is 10.8 Å². The Balaban J connectivity index is 1.84. The van der Waals surface area contributed by atoms with E-state index in [0.717, 1.165) is 29.8 Å². The molecular weight excluding hydrogens is 322 g/mol. The van der Waals surface area contributed by atoms with E-state index in [4.69, 9.17) is 4.74 Å². The molecule has 0 saturated carbocycles. The van der Waals surface area contributed by atoms with Gasteiger partial charge in [-0.3, -0.25) is 4.79 Å². The Morgan fingerprint density at radius 2 is 1.85 bits per heavy atom. The normalized spacial score (nSPS) is 16.2.